The van der Waals surface area contributed by atoms with E-state index in [1.54, 1.807) is 7.11 Å². The van der Waals surface area contributed by atoms with Crippen LogP contribution in [-0.2, 0) is 11.2 Å². The number of hydrogen-bond acceptors (Lipinski definition) is 2. The average Bonchev–Trinajstić information content (AvgIpc) is 2.20. The van der Waals surface area contributed by atoms with E-state index in [1.165, 1.54) is 5.56 Å². The summed E-state index contributed by atoms with van der Waals surface area (Å²) in [6.07, 6.45) is 2.23. The quantitative estimate of drug-likeness (QED) is 0.702. The molecule has 1 rings (SSSR count). The molecular weight excluding hydrogens is 176 g/mol. The molecule has 0 amide bonds. The van der Waals surface area contributed by atoms with Gasteiger partial charge >= 0.3 is 0 Å². The maximum Gasteiger partial charge on any atom is 0.0581 e. The van der Waals surface area contributed by atoms with Gasteiger partial charge in [-0.1, -0.05) is 30.3 Å². The molecule has 1 unspecified atom stereocenters. The van der Waals surface area contributed by atoms with Gasteiger partial charge in [-0.15, -0.1) is 0 Å². The summed E-state index contributed by atoms with van der Waals surface area (Å²) in [4.78, 5) is 0. The Labute approximate surface area is 85.5 Å². The summed E-state index contributed by atoms with van der Waals surface area (Å²) >= 11 is 0. The van der Waals surface area contributed by atoms with Gasteiger partial charge in [0.1, 0.15) is 0 Å². The first-order valence-corrected chi connectivity index (χ1v) is 5.04. The Bertz CT molecular complexity index is 233. The second-order valence-corrected chi connectivity index (χ2v) is 3.48. The van der Waals surface area contributed by atoms with E-state index in [0.717, 1.165) is 25.9 Å². The Balaban J connectivity index is 2.23. The standard InChI is InChI=1S/C12H18O2/c1-14-9-5-8-12(13)10-11-6-3-2-4-7-11/h2-4,6-7,12-13H,5,8-10H2,1H3. The van der Waals surface area contributed by atoms with Gasteiger partial charge in [-0.2, -0.15) is 0 Å². The van der Waals surface area contributed by atoms with Gasteiger partial charge in [0.15, 0.2) is 0 Å². The van der Waals surface area contributed by atoms with Gasteiger partial charge in [0.2, 0.25) is 0 Å². The molecule has 0 bridgehead atoms. The summed E-state index contributed by atoms with van der Waals surface area (Å²) in [5.41, 5.74) is 1.19. The van der Waals surface area contributed by atoms with Crippen LogP contribution in [0.15, 0.2) is 30.3 Å². The molecule has 2 nitrogen and oxygen atoms in total. The van der Waals surface area contributed by atoms with Gasteiger partial charge in [0.25, 0.3) is 0 Å². The van der Waals surface area contributed by atoms with Crippen molar-refractivity contribution in [2.75, 3.05) is 13.7 Å². The third kappa shape index (κ3) is 4.40. The highest BCUT2D eigenvalue weighted by Gasteiger charge is 2.04. The van der Waals surface area contributed by atoms with E-state index < -0.39 is 0 Å². The third-order valence-electron chi connectivity index (χ3n) is 2.20. The molecular formula is C12H18O2. The molecule has 2 heteroatoms. The van der Waals surface area contributed by atoms with Crippen LogP contribution in [0.2, 0.25) is 0 Å². The van der Waals surface area contributed by atoms with Crippen LogP contribution in [0.25, 0.3) is 0 Å². The zero-order valence-electron chi connectivity index (χ0n) is 8.65. The number of aliphatic hydroxyl groups is 1. The summed E-state index contributed by atoms with van der Waals surface area (Å²) < 4.78 is 4.93. The first-order chi connectivity index (χ1) is 6.83. The van der Waals surface area contributed by atoms with Crippen LogP contribution in [0.4, 0.5) is 0 Å². The molecule has 0 fully saturated rings. The molecule has 1 N–H and O–H groups in total. The van der Waals surface area contributed by atoms with Crippen LogP contribution in [0, 0.1) is 0 Å². The molecule has 0 saturated carbocycles. The Kier molecular flexibility index (Phi) is 5.27. The second kappa shape index (κ2) is 6.57. The lowest BCUT2D eigenvalue weighted by atomic mass is 10.0. The summed E-state index contributed by atoms with van der Waals surface area (Å²) in [5.74, 6) is 0. The first-order valence-electron chi connectivity index (χ1n) is 5.04. The number of rotatable bonds is 6. The van der Waals surface area contributed by atoms with Crippen molar-refractivity contribution in [1.82, 2.24) is 0 Å². The Morgan fingerprint density at radius 2 is 2.00 bits per heavy atom. The van der Waals surface area contributed by atoms with Crippen molar-refractivity contribution < 1.29 is 9.84 Å². The number of benzene rings is 1. The van der Waals surface area contributed by atoms with Crippen molar-refractivity contribution in [2.45, 2.75) is 25.4 Å². The molecule has 0 aliphatic heterocycles. The Hall–Kier alpha value is -0.860. The van der Waals surface area contributed by atoms with E-state index in [-0.39, 0.29) is 6.10 Å². The topological polar surface area (TPSA) is 29.5 Å². The average molecular weight is 194 g/mol. The van der Waals surface area contributed by atoms with Crippen LogP contribution in [0.1, 0.15) is 18.4 Å². The highest BCUT2D eigenvalue weighted by Crippen LogP contribution is 2.07. The predicted molar refractivity (Wildman–Crippen MR) is 57.3 cm³/mol. The van der Waals surface area contributed by atoms with Gasteiger partial charge < -0.3 is 9.84 Å². The zero-order chi connectivity index (χ0) is 10.2. The monoisotopic (exact) mass is 194 g/mol. The van der Waals surface area contributed by atoms with Crippen LogP contribution in [-0.4, -0.2) is 24.9 Å². The first kappa shape index (κ1) is 11.2. The van der Waals surface area contributed by atoms with E-state index in [0.29, 0.717) is 0 Å². The number of methoxy groups -OCH3 is 1. The molecule has 0 aliphatic rings. The van der Waals surface area contributed by atoms with Crippen molar-refractivity contribution >= 4 is 0 Å². The third-order valence-corrected chi connectivity index (χ3v) is 2.20. The molecule has 0 spiro atoms. The minimum absolute atomic E-state index is 0.243. The molecule has 1 aromatic rings. The van der Waals surface area contributed by atoms with Crippen LogP contribution in [0.3, 0.4) is 0 Å². The van der Waals surface area contributed by atoms with E-state index in [1.807, 2.05) is 30.3 Å². The van der Waals surface area contributed by atoms with Crippen molar-refractivity contribution in [1.29, 1.82) is 0 Å². The minimum atomic E-state index is -0.243. The Morgan fingerprint density at radius 3 is 2.64 bits per heavy atom. The number of hydrogen-bond donors (Lipinski definition) is 1. The molecule has 78 valence electrons. The van der Waals surface area contributed by atoms with Gasteiger partial charge in [-0.25, -0.2) is 0 Å². The number of aliphatic hydroxyl groups excluding tert-OH is 1. The van der Waals surface area contributed by atoms with Crippen molar-refractivity contribution in [2.24, 2.45) is 0 Å². The lowest BCUT2D eigenvalue weighted by Crippen LogP contribution is -2.11. The molecule has 0 aromatic heterocycles. The van der Waals surface area contributed by atoms with Crippen LogP contribution in [0.5, 0.6) is 0 Å². The maximum absolute atomic E-state index is 9.67. The normalized spacial score (nSPS) is 12.7. The van der Waals surface area contributed by atoms with Gasteiger partial charge in [-0.3, -0.25) is 0 Å². The molecule has 14 heavy (non-hydrogen) atoms. The largest absolute Gasteiger partial charge is 0.393 e. The molecule has 0 radical (unpaired) electrons. The predicted octanol–water partition coefficient (Wildman–Crippen LogP) is 2.02. The van der Waals surface area contributed by atoms with Crippen LogP contribution < -0.4 is 0 Å². The molecule has 0 heterocycles. The van der Waals surface area contributed by atoms with E-state index in [2.05, 4.69) is 0 Å². The fourth-order valence-corrected chi connectivity index (χ4v) is 1.45. The summed E-state index contributed by atoms with van der Waals surface area (Å²) in [6, 6.07) is 10.1. The highest BCUT2D eigenvalue weighted by atomic mass is 16.5. The van der Waals surface area contributed by atoms with Crippen molar-refractivity contribution in [3.8, 4) is 0 Å². The van der Waals surface area contributed by atoms with E-state index >= 15 is 0 Å². The minimum Gasteiger partial charge on any atom is -0.393 e. The van der Waals surface area contributed by atoms with Crippen molar-refractivity contribution in [3.63, 3.8) is 0 Å². The van der Waals surface area contributed by atoms with Crippen molar-refractivity contribution in [3.05, 3.63) is 35.9 Å². The smallest absolute Gasteiger partial charge is 0.0581 e. The lowest BCUT2D eigenvalue weighted by Gasteiger charge is -2.09. The SMILES string of the molecule is COCCCC(O)Cc1ccccc1. The fourth-order valence-electron chi connectivity index (χ4n) is 1.45. The Morgan fingerprint density at radius 1 is 1.29 bits per heavy atom. The molecule has 0 saturated heterocycles. The zero-order valence-corrected chi connectivity index (χ0v) is 8.65. The number of ether oxygens (including phenoxy) is 1. The van der Waals surface area contributed by atoms with Gasteiger partial charge in [0, 0.05) is 13.7 Å². The molecule has 1 aromatic carbocycles. The summed E-state index contributed by atoms with van der Waals surface area (Å²) in [5, 5.41) is 9.67. The van der Waals surface area contributed by atoms with E-state index in [4.69, 9.17) is 4.74 Å². The summed E-state index contributed by atoms with van der Waals surface area (Å²) in [7, 11) is 1.68. The highest BCUT2D eigenvalue weighted by molar-refractivity contribution is 5.15. The molecule has 1 atom stereocenters. The fraction of sp³-hybridized carbons (Fsp3) is 0.500. The van der Waals surface area contributed by atoms with E-state index in [9.17, 15) is 5.11 Å². The van der Waals surface area contributed by atoms with Gasteiger partial charge in [-0.05, 0) is 24.8 Å². The molecule has 0 aliphatic carbocycles. The van der Waals surface area contributed by atoms with Gasteiger partial charge in [0.05, 0.1) is 6.10 Å². The second-order valence-electron chi connectivity index (χ2n) is 3.48. The van der Waals surface area contributed by atoms with Crippen LogP contribution >= 0.6 is 0 Å². The maximum atomic E-state index is 9.67. The lowest BCUT2D eigenvalue weighted by molar-refractivity contribution is 0.135. The summed E-state index contributed by atoms with van der Waals surface area (Å²) in [6.45, 7) is 0.728.